The van der Waals surface area contributed by atoms with E-state index < -0.39 is 6.10 Å². The van der Waals surface area contributed by atoms with Gasteiger partial charge in [0.2, 0.25) is 0 Å². The first-order chi connectivity index (χ1) is 12.5. The van der Waals surface area contributed by atoms with E-state index >= 15 is 0 Å². The first kappa shape index (κ1) is 17.2. The molecule has 1 N–H and O–H groups in total. The molecule has 136 valence electrons. The second-order valence-electron chi connectivity index (χ2n) is 6.97. The Bertz CT molecular complexity index is 1020. The Kier molecular flexibility index (Phi) is 4.54. The van der Waals surface area contributed by atoms with Crippen LogP contribution < -0.4 is 10.3 Å². The van der Waals surface area contributed by atoms with Crippen LogP contribution in [0.1, 0.15) is 28.0 Å². The maximum atomic E-state index is 12.8. The van der Waals surface area contributed by atoms with E-state index in [1.807, 2.05) is 32.0 Å². The number of fused-ring (bicyclic) bond motifs is 3. The van der Waals surface area contributed by atoms with Gasteiger partial charge in [-0.05, 0) is 55.9 Å². The van der Waals surface area contributed by atoms with Crippen LogP contribution in [0.5, 0.6) is 5.75 Å². The van der Waals surface area contributed by atoms with Gasteiger partial charge < -0.3 is 9.84 Å². The van der Waals surface area contributed by atoms with Gasteiger partial charge in [0.15, 0.2) is 0 Å². The number of aryl methyl sites for hydroxylation is 4. The molecule has 2 aromatic heterocycles. The van der Waals surface area contributed by atoms with Gasteiger partial charge in [-0.1, -0.05) is 12.1 Å². The van der Waals surface area contributed by atoms with Crippen LogP contribution in [0.2, 0.25) is 0 Å². The summed E-state index contributed by atoms with van der Waals surface area (Å²) >= 11 is 1.63. The zero-order chi connectivity index (χ0) is 18.3. The van der Waals surface area contributed by atoms with Crippen LogP contribution >= 0.6 is 11.3 Å². The standard InChI is InChI=1S/C20H22N2O3S/c1-12-6-7-13(2)16(8-12)25-10-14(23)9-22-11-21-19-18(20(22)24)15-4-3-5-17(15)26-19/h6-8,11,14,23H,3-5,9-10H2,1-2H3. The number of thiophene rings is 1. The predicted octanol–water partition coefficient (Wildman–Crippen LogP) is 3.00. The fourth-order valence-electron chi connectivity index (χ4n) is 3.48. The Morgan fingerprint density at radius 1 is 1.35 bits per heavy atom. The summed E-state index contributed by atoms with van der Waals surface area (Å²) in [6.45, 7) is 4.29. The second-order valence-corrected chi connectivity index (χ2v) is 8.06. The van der Waals surface area contributed by atoms with Crippen LogP contribution in [-0.4, -0.2) is 27.4 Å². The maximum absolute atomic E-state index is 12.8. The van der Waals surface area contributed by atoms with E-state index in [-0.39, 0.29) is 18.7 Å². The quantitative estimate of drug-likeness (QED) is 0.750. The molecule has 0 saturated carbocycles. The molecule has 0 spiro atoms. The molecule has 4 rings (SSSR count). The maximum Gasteiger partial charge on any atom is 0.262 e. The van der Waals surface area contributed by atoms with Gasteiger partial charge in [-0.25, -0.2) is 4.98 Å². The predicted molar refractivity (Wildman–Crippen MR) is 103 cm³/mol. The third kappa shape index (κ3) is 3.15. The lowest BCUT2D eigenvalue weighted by molar-refractivity contribution is 0.0911. The van der Waals surface area contributed by atoms with Crippen molar-refractivity contribution >= 4 is 21.6 Å². The van der Waals surface area contributed by atoms with E-state index in [1.165, 1.54) is 15.8 Å². The van der Waals surface area contributed by atoms with Crippen molar-refractivity contribution in [3.8, 4) is 5.75 Å². The number of aromatic nitrogens is 2. The van der Waals surface area contributed by atoms with Gasteiger partial charge in [-0.3, -0.25) is 9.36 Å². The highest BCUT2D eigenvalue weighted by molar-refractivity contribution is 7.18. The number of hydrogen-bond donors (Lipinski definition) is 1. The summed E-state index contributed by atoms with van der Waals surface area (Å²) in [6.07, 6.45) is 3.87. The number of rotatable bonds is 5. The van der Waals surface area contributed by atoms with Gasteiger partial charge in [0, 0.05) is 4.88 Å². The molecule has 26 heavy (non-hydrogen) atoms. The van der Waals surface area contributed by atoms with Crippen LogP contribution in [0.3, 0.4) is 0 Å². The fraction of sp³-hybridized carbons (Fsp3) is 0.400. The lowest BCUT2D eigenvalue weighted by Crippen LogP contribution is -2.30. The molecule has 1 aliphatic rings. The van der Waals surface area contributed by atoms with Gasteiger partial charge in [-0.15, -0.1) is 11.3 Å². The van der Waals surface area contributed by atoms with Gasteiger partial charge in [-0.2, -0.15) is 0 Å². The number of ether oxygens (including phenoxy) is 1. The Morgan fingerprint density at radius 3 is 3.04 bits per heavy atom. The van der Waals surface area contributed by atoms with Gasteiger partial charge in [0.1, 0.15) is 23.3 Å². The van der Waals surface area contributed by atoms with Crippen molar-refractivity contribution in [2.75, 3.05) is 6.61 Å². The summed E-state index contributed by atoms with van der Waals surface area (Å²) < 4.78 is 7.26. The van der Waals surface area contributed by atoms with Crippen LogP contribution in [0.4, 0.5) is 0 Å². The largest absolute Gasteiger partial charge is 0.491 e. The minimum absolute atomic E-state index is 0.0554. The smallest absolute Gasteiger partial charge is 0.262 e. The average Bonchev–Trinajstić information content (AvgIpc) is 3.19. The van der Waals surface area contributed by atoms with Crippen molar-refractivity contribution in [2.24, 2.45) is 0 Å². The van der Waals surface area contributed by atoms with E-state index in [9.17, 15) is 9.90 Å². The third-order valence-corrected chi connectivity index (χ3v) is 6.07. The molecule has 1 unspecified atom stereocenters. The zero-order valence-electron chi connectivity index (χ0n) is 15.0. The lowest BCUT2D eigenvalue weighted by atomic mass is 10.1. The van der Waals surface area contributed by atoms with Gasteiger partial charge >= 0.3 is 0 Å². The van der Waals surface area contributed by atoms with E-state index in [4.69, 9.17) is 4.74 Å². The highest BCUT2D eigenvalue weighted by Crippen LogP contribution is 2.34. The van der Waals surface area contributed by atoms with E-state index in [0.29, 0.717) is 0 Å². The van der Waals surface area contributed by atoms with Crippen LogP contribution in [0.15, 0.2) is 29.3 Å². The van der Waals surface area contributed by atoms with Crippen molar-refractivity contribution in [1.82, 2.24) is 9.55 Å². The van der Waals surface area contributed by atoms with Crippen LogP contribution in [-0.2, 0) is 19.4 Å². The molecule has 1 atom stereocenters. The molecule has 3 aromatic rings. The van der Waals surface area contributed by atoms with Gasteiger partial charge in [0.05, 0.1) is 18.3 Å². The highest BCUT2D eigenvalue weighted by atomic mass is 32.1. The van der Waals surface area contributed by atoms with E-state index in [2.05, 4.69) is 4.98 Å². The monoisotopic (exact) mass is 370 g/mol. The number of nitrogens with zero attached hydrogens (tertiary/aromatic N) is 2. The fourth-order valence-corrected chi connectivity index (χ4v) is 4.70. The molecular formula is C20H22N2O3S. The van der Waals surface area contributed by atoms with Crippen LogP contribution in [0, 0.1) is 13.8 Å². The number of benzene rings is 1. The molecule has 0 bridgehead atoms. The second kappa shape index (κ2) is 6.85. The molecule has 5 nitrogen and oxygen atoms in total. The normalized spacial score (nSPS) is 14.6. The Balaban J connectivity index is 1.51. The Hall–Kier alpha value is -2.18. The minimum atomic E-state index is -0.779. The van der Waals surface area contributed by atoms with Crippen LogP contribution in [0.25, 0.3) is 10.2 Å². The average molecular weight is 370 g/mol. The molecule has 0 aliphatic heterocycles. The van der Waals surface area contributed by atoms with Crippen molar-refractivity contribution < 1.29 is 9.84 Å². The number of hydrogen-bond acceptors (Lipinski definition) is 5. The molecular weight excluding hydrogens is 348 g/mol. The molecule has 0 saturated heterocycles. The topological polar surface area (TPSA) is 64.3 Å². The molecule has 2 heterocycles. The molecule has 0 amide bonds. The molecule has 6 heteroatoms. The molecule has 1 aromatic carbocycles. The number of aliphatic hydroxyl groups excluding tert-OH is 1. The summed E-state index contributed by atoms with van der Waals surface area (Å²) in [4.78, 5) is 19.4. The Morgan fingerprint density at radius 2 is 2.19 bits per heavy atom. The van der Waals surface area contributed by atoms with E-state index in [1.54, 1.807) is 11.3 Å². The summed E-state index contributed by atoms with van der Waals surface area (Å²) in [5, 5.41) is 11.1. The third-order valence-electron chi connectivity index (χ3n) is 4.87. The summed E-state index contributed by atoms with van der Waals surface area (Å²) in [7, 11) is 0. The van der Waals surface area contributed by atoms with Crippen molar-refractivity contribution in [1.29, 1.82) is 0 Å². The first-order valence-electron chi connectivity index (χ1n) is 8.90. The van der Waals surface area contributed by atoms with E-state index in [0.717, 1.165) is 51.9 Å². The SMILES string of the molecule is Cc1ccc(C)c(OCC(O)Cn2cnc3sc4c(c3c2=O)CCC4)c1. The minimum Gasteiger partial charge on any atom is -0.491 e. The number of aliphatic hydroxyl groups is 1. The Labute approximate surface area is 155 Å². The van der Waals surface area contributed by atoms with Crippen molar-refractivity contribution in [2.45, 2.75) is 45.8 Å². The van der Waals surface area contributed by atoms with Crippen molar-refractivity contribution in [3.63, 3.8) is 0 Å². The van der Waals surface area contributed by atoms with Gasteiger partial charge in [0.25, 0.3) is 5.56 Å². The molecule has 0 fully saturated rings. The molecule has 1 aliphatic carbocycles. The summed E-state index contributed by atoms with van der Waals surface area (Å²) in [5.74, 6) is 0.764. The lowest BCUT2D eigenvalue weighted by Gasteiger charge is -2.15. The zero-order valence-corrected chi connectivity index (χ0v) is 15.8. The summed E-state index contributed by atoms with van der Waals surface area (Å²) in [6, 6.07) is 5.98. The molecule has 0 radical (unpaired) electrons. The highest BCUT2D eigenvalue weighted by Gasteiger charge is 2.21. The summed E-state index contributed by atoms with van der Waals surface area (Å²) in [5.41, 5.74) is 3.24. The first-order valence-corrected chi connectivity index (χ1v) is 9.72. The van der Waals surface area contributed by atoms with Crippen molar-refractivity contribution in [3.05, 3.63) is 56.4 Å².